The first-order chi connectivity index (χ1) is 9.34. The molecule has 0 aliphatic heterocycles. The largest absolute Gasteiger partial charge is 0.348 e. The predicted octanol–water partition coefficient (Wildman–Crippen LogP) is 4.39. The Morgan fingerprint density at radius 3 is 2.60 bits per heavy atom. The third-order valence-electron chi connectivity index (χ3n) is 5.66. The Kier molecular flexibility index (Phi) is 3.24. The molecular formula is C17H22BrNO. The van der Waals surface area contributed by atoms with Crippen molar-refractivity contribution in [1.82, 2.24) is 5.32 Å². The maximum atomic E-state index is 12.6. The molecule has 2 fully saturated rings. The number of halogens is 1. The molecule has 3 unspecified atom stereocenters. The quantitative estimate of drug-likeness (QED) is 0.852. The molecular weight excluding hydrogens is 314 g/mol. The lowest BCUT2D eigenvalue weighted by Gasteiger charge is -2.43. The van der Waals surface area contributed by atoms with Crippen LogP contribution in [0.15, 0.2) is 28.7 Å². The molecule has 20 heavy (non-hydrogen) atoms. The van der Waals surface area contributed by atoms with Crippen LogP contribution in [0.1, 0.15) is 50.4 Å². The molecule has 108 valence electrons. The summed E-state index contributed by atoms with van der Waals surface area (Å²) in [5.41, 5.74) is 1.20. The Bertz CT molecular complexity index is 549. The summed E-state index contributed by atoms with van der Waals surface area (Å²) >= 11 is 3.47. The number of carbonyl (C=O) groups is 1. The van der Waals surface area contributed by atoms with E-state index in [0.29, 0.717) is 0 Å². The third kappa shape index (κ3) is 2.02. The number of rotatable bonds is 2. The minimum Gasteiger partial charge on any atom is -0.348 e. The highest BCUT2D eigenvalue weighted by molar-refractivity contribution is 9.10. The monoisotopic (exact) mass is 335 g/mol. The maximum Gasteiger partial charge on any atom is 0.252 e. The number of carbonyl (C=O) groups excluding carboxylic acids is 1. The summed E-state index contributed by atoms with van der Waals surface area (Å²) in [4.78, 5) is 12.6. The number of hydrogen-bond donors (Lipinski definition) is 1. The second kappa shape index (κ2) is 4.59. The van der Waals surface area contributed by atoms with E-state index in [1.54, 1.807) is 0 Å². The van der Waals surface area contributed by atoms with E-state index in [0.717, 1.165) is 16.0 Å². The molecule has 2 aliphatic carbocycles. The molecule has 0 heterocycles. The molecule has 2 bridgehead atoms. The molecule has 3 atom stereocenters. The van der Waals surface area contributed by atoms with Crippen LogP contribution in [0.4, 0.5) is 0 Å². The predicted molar refractivity (Wildman–Crippen MR) is 84.6 cm³/mol. The standard InChI is InChI=1S/C17H22BrNO/c1-16(2)11-8-9-17(3,10-11)15(16)19-14(20)12-6-4-5-7-13(12)18/h4-7,11,15H,8-10H2,1-3H3,(H,19,20). The highest BCUT2D eigenvalue weighted by atomic mass is 79.9. The normalized spacial score (nSPS) is 34.2. The molecule has 2 saturated carbocycles. The van der Waals surface area contributed by atoms with Crippen LogP contribution in [0.25, 0.3) is 0 Å². The highest BCUT2D eigenvalue weighted by Gasteiger charge is 2.59. The van der Waals surface area contributed by atoms with Crippen LogP contribution in [-0.4, -0.2) is 11.9 Å². The fourth-order valence-corrected chi connectivity index (χ4v) is 4.98. The van der Waals surface area contributed by atoms with Gasteiger partial charge in [-0.1, -0.05) is 32.9 Å². The van der Waals surface area contributed by atoms with E-state index in [-0.39, 0.29) is 22.8 Å². The van der Waals surface area contributed by atoms with Gasteiger partial charge in [-0.25, -0.2) is 0 Å². The third-order valence-corrected chi connectivity index (χ3v) is 6.36. The summed E-state index contributed by atoms with van der Waals surface area (Å²) in [6.07, 6.45) is 3.80. The van der Waals surface area contributed by atoms with E-state index in [4.69, 9.17) is 0 Å². The first kappa shape index (κ1) is 14.1. The summed E-state index contributed by atoms with van der Waals surface area (Å²) in [5.74, 6) is 0.793. The van der Waals surface area contributed by atoms with Crippen molar-refractivity contribution < 1.29 is 4.79 Å². The van der Waals surface area contributed by atoms with Gasteiger partial charge in [0, 0.05) is 10.5 Å². The van der Waals surface area contributed by atoms with Crippen LogP contribution in [-0.2, 0) is 0 Å². The summed E-state index contributed by atoms with van der Waals surface area (Å²) in [5, 5.41) is 3.33. The topological polar surface area (TPSA) is 29.1 Å². The van der Waals surface area contributed by atoms with E-state index in [9.17, 15) is 4.79 Å². The average Bonchev–Trinajstić information content (AvgIpc) is 2.86. The Labute approximate surface area is 129 Å². The summed E-state index contributed by atoms with van der Waals surface area (Å²) in [6, 6.07) is 7.91. The number of fused-ring (bicyclic) bond motifs is 2. The van der Waals surface area contributed by atoms with Gasteiger partial charge in [-0.3, -0.25) is 4.79 Å². The molecule has 1 N–H and O–H groups in total. The van der Waals surface area contributed by atoms with Crippen molar-refractivity contribution in [3.63, 3.8) is 0 Å². The van der Waals surface area contributed by atoms with Gasteiger partial charge in [-0.05, 0) is 64.1 Å². The zero-order valence-electron chi connectivity index (χ0n) is 12.4. The number of benzene rings is 1. The van der Waals surface area contributed by atoms with E-state index in [1.165, 1.54) is 19.3 Å². The number of amides is 1. The van der Waals surface area contributed by atoms with E-state index in [1.807, 2.05) is 24.3 Å². The molecule has 2 nitrogen and oxygen atoms in total. The maximum absolute atomic E-state index is 12.6. The van der Waals surface area contributed by atoms with Crippen molar-refractivity contribution in [1.29, 1.82) is 0 Å². The molecule has 3 heteroatoms. The van der Waals surface area contributed by atoms with Gasteiger partial charge in [0.05, 0.1) is 5.56 Å². The van der Waals surface area contributed by atoms with Gasteiger partial charge in [0.1, 0.15) is 0 Å². The number of hydrogen-bond acceptors (Lipinski definition) is 1. The van der Waals surface area contributed by atoms with Crippen LogP contribution in [0, 0.1) is 16.7 Å². The van der Waals surface area contributed by atoms with Crippen LogP contribution in [0.2, 0.25) is 0 Å². The first-order valence-corrected chi connectivity index (χ1v) is 8.19. The molecule has 1 amide bonds. The van der Waals surface area contributed by atoms with Crippen LogP contribution in [0.5, 0.6) is 0 Å². The van der Waals surface area contributed by atoms with E-state index in [2.05, 4.69) is 42.0 Å². The van der Waals surface area contributed by atoms with Gasteiger partial charge < -0.3 is 5.32 Å². The summed E-state index contributed by atoms with van der Waals surface area (Å²) in [6.45, 7) is 6.97. The molecule has 1 aromatic carbocycles. The van der Waals surface area contributed by atoms with Crippen molar-refractivity contribution >= 4 is 21.8 Å². The summed E-state index contributed by atoms with van der Waals surface area (Å²) in [7, 11) is 0. The Hall–Kier alpha value is -0.830. The molecule has 0 aromatic heterocycles. The molecule has 0 spiro atoms. The van der Waals surface area contributed by atoms with Crippen molar-refractivity contribution in [2.45, 2.75) is 46.1 Å². The average molecular weight is 336 g/mol. The Balaban J connectivity index is 1.85. The van der Waals surface area contributed by atoms with Gasteiger partial charge in [0.15, 0.2) is 0 Å². The fraction of sp³-hybridized carbons (Fsp3) is 0.588. The second-order valence-electron chi connectivity index (χ2n) is 7.30. The van der Waals surface area contributed by atoms with Gasteiger partial charge in [-0.15, -0.1) is 0 Å². The van der Waals surface area contributed by atoms with Gasteiger partial charge in [0.2, 0.25) is 0 Å². The lowest BCUT2D eigenvalue weighted by Crippen LogP contribution is -2.52. The van der Waals surface area contributed by atoms with Gasteiger partial charge >= 0.3 is 0 Å². The van der Waals surface area contributed by atoms with Crippen molar-refractivity contribution in [2.24, 2.45) is 16.7 Å². The number of nitrogens with one attached hydrogen (secondary N) is 1. The minimum atomic E-state index is 0.0457. The highest BCUT2D eigenvalue weighted by Crippen LogP contribution is 2.62. The van der Waals surface area contributed by atoms with Crippen molar-refractivity contribution in [3.8, 4) is 0 Å². The zero-order valence-corrected chi connectivity index (χ0v) is 14.0. The minimum absolute atomic E-state index is 0.0457. The first-order valence-electron chi connectivity index (χ1n) is 7.40. The van der Waals surface area contributed by atoms with Crippen LogP contribution in [0.3, 0.4) is 0 Å². The SMILES string of the molecule is CC12CCC(C1)C(C)(C)C2NC(=O)c1ccccc1Br. The van der Waals surface area contributed by atoms with Gasteiger partial charge in [0.25, 0.3) is 5.91 Å². The summed E-state index contributed by atoms with van der Waals surface area (Å²) < 4.78 is 0.864. The molecule has 0 saturated heterocycles. The Morgan fingerprint density at radius 2 is 2.00 bits per heavy atom. The van der Waals surface area contributed by atoms with Gasteiger partial charge in [-0.2, -0.15) is 0 Å². The second-order valence-corrected chi connectivity index (χ2v) is 8.16. The molecule has 2 aliphatic rings. The molecule has 0 radical (unpaired) electrons. The smallest absolute Gasteiger partial charge is 0.252 e. The fourth-order valence-electron chi connectivity index (χ4n) is 4.52. The Morgan fingerprint density at radius 1 is 1.30 bits per heavy atom. The van der Waals surface area contributed by atoms with Crippen molar-refractivity contribution in [2.75, 3.05) is 0 Å². The van der Waals surface area contributed by atoms with E-state index < -0.39 is 0 Å². The lowest BCUT2D eigenvalue weighted by molar-refractivity contribution is 0.0737. The van der Waals surface area contributed by atoms with E-state index >= 15 is 0 Å². The zero-order chi connectivity index (χ0) is 14.5. The van der Waals surface area contributed by atoms with Crippen molar-refractivity contribution in [3.05, 3.63) is 34.3 Å². The lowest BCUT2D eigenvalue weighted by atomic mass is 9.68. The van der Waals surface area contributed by atoms with Crippen LogP contribution >= 0.6 is 15.9 Å². The molecule has 3 rings (SSSR count). The molecule has 1 aromatic rings. The van der Waals surface area contributed by atoms with Crippen LogP contribution < -0.4 is 5.32 Å².